The summed E-state index contributed by atoms with van der Waals surface area (Å²) in [6.07, 6.45) is 3.29. The number of amides is 2. The molecule has 1 saturated heterocycles. The summed E-state index contributed by atoms with van der Waals surface area (Å²) in [4.78, 5) is 29.6. The fourth-order valence-electron chi connectivity index (χ4n) is 4.16. The van der Waals surface area contributed by atoms with E-state index in [1.165, 1.54) is 0 Å². The highest BCUT2D eigenvalue weighted by molar-refractivity contribution is 5.99. The summed E-state index contributed by atoms with van der Waals surface area (Å²) in [6, 6.07) is 19.2. The first-order valence-electron chi connectivity index (χ1n) is 11.0. The highest BCUT2D eigenvalue weighted by atomic mass is 16.3. The van der Waals surface area contributed by atoms with Crippen molar-refractivity contribution in [2.75, 3.05) is 25.0 Å². The number of piperidine rings is 1. The van der Waals surface area contributed by atoms with Gasteiger partial charge in [-0.3, -0.25) is 9.59 Å². The standard InChI is InChI=1S/C26H29N3O3/c1-19-7-5-8-20(17-19)25(30)27-21-12-14-29(15-13-21)24-11-4-3-10-23(24)26(31)28(2)18-22-9-6-16-32-22/h3-11,16-17,21H,12-15,18H2,1-2H3,(H,27,30). The number of rotatable bonds is 6. The molecule has 0 aliphatic carbocycles. The minimum Gasteiger partial charge on any atom is -0.467 e. The van der Waals surface area contributed by atoms with Crippen molar-refractivity contribution in [3.05, 3.63) is 89.4 Å². The van der Waals surface area contributed by atoms with Crippen LogP contribution in [-0.2, 0) is 6.54 Å². The van der Waals surface area contributed by atoms with Gasteiger partial charge in [-0.05, 0) is 56.2 Å². The second kappa shape index (κ2) is 9.73. The second-order valence-corrected chi connectivity index (χ2v) is 8.36. The summed E-state index contributed by atoms with van der Waals surface area (Å²) in [5, 5.41) is 3.16. The van der Waals surface area contributed by atoms with Crippen molar-refractivity contribution >= 4 is 17.5 Å². The fourth-order valence-corrected chi connectivity index (χ4v) is 4.16. The molecule has 1 aliphatic rings. The van der Waals surface area contributed by atoms with Crippen LogP contribution in [-0.4, -0.2) is 42.9 Å². The average molecular weight is 432 g/mol. The first-order chi connectivity index (χ1) is 15.5. The molecular weight excluding hydrogens is 402 g/mol. The van der Waals surface area contributed by atoms with Crippen LogP contribution in [0.4, 0.5) is 5.69 Å². The zero-order valence-corrected chi connectivity index (χ0v) is 18.6. The van der Waals surface area contributed by atoms with Gasteiger partial charge >= 0.3 is 0 Å². The van der Waals surface area contributed by atoms with Crippen LogP contribution >= 0.6 is 0 Å². The van der Waals surface area contributed by atoms with E-state index in [1.54, 1.807) is 18.2 Å². The molecule has 0 bridgehead atoms. The molecule has 0 unspecified atom stereocenters. The van der Waals surface area contributed by atoms with Crippen molar-refractivity contribution in [1.82, 2.24) is 10.2 Å². The topological polar surface area (TPSA) is 65.8 Å². The van der Waals surface area contributed by atoms with Crippen molar-refractivity contribution in [2.45, 2.75) is 32.4 Å². The summed E-state index contributed by atoms with van der Waals surface area (Å²) in [7, 11) is 1.79. The minimum atomic E-state index is -0.0353. The zero-order valence-electron chi connectivity index (χ0n) is 18.6. The Kier molecular flexibility index (Phi) is 6.59. The van der Waals surface area contributed by atoms with Crippen molar-refractivity contribution < 1.29 is 14.0 Å². The summed E-state index contributed by atoms with van der Waals surface area (Å²) in [5.74, 6) is 0.692. The Hall–Kier alpha value is -3.54. The number of nitrogens with zero attached hydrogens (tertiary/aromatic N) is 2. The normalized spacial score (nSPS) is 14.2. The van der Waals surface area contributed by atoms with Crippen molar-refractivity contribution in [1.29, 1.82) is 0 Å². The van der Waals surface area contributed by atoms with Crippen LogP contribution in [0.15, 0.2) is 71.3 Å². The van der Waals surface area contributed by atoms with Crippen LogP contribution in [0.1, 0.15) is 44.9 Å². The molecule has 2 aromatic carbocycles. The molecule has 1 fully saturated rings. The third kappa shape index (κ3) is 5.02. The number of hydrogen-bond donors (Lipinski definition) is 1. The SMILES string of the molecule is Cc1cccc(C(=O)NC2CCN(c3ccccc3C(=O)N(C)Cc3ccco3)CC2)c1. The Labute approximate surface area is 188 Å². The average Bonchev–Trinajstić information content (AvgIpc) is 3.32. The third-order valence-corrected chi connectivity index (χ3v) is 5.91. The van der Waals surface area contributed by atoms with Gasteiger partial charge in [0.05, 0.1) is 18.4 Å². The lowest BCUT2D eigenvalue weighted by Crippen LogP contribution is -2.45. The Balaban J connectivity index is 1.38. The number of furan rings is 1. The minimum absolute atomic E-state index is 0.0257. The summed E-state index contributed by atoms with van der Waals surface area (Å²) in [6.45, 7) is 3.98. The van der Waals surface area contributed by atoms with Crippen molar-refractivity contribution in [3.8, 4) is 0 Å². The van der Waals surface area contributed by atoms with Gasteiger partial charge in [-0.1, -0.05) is 29.8 Å². The molecule has 1 aliphatic heterocycles. The van der Waals surface area contributed by atoms with Crippen LogP contribution in [0.25, 0.3) is 0 Å². The summed E-state index contributed by atoms with van der Waals surface area (Å²) < 4.78 is 5.38. The third-order valence-electron chi connectivity index (χ3n) is 5.91. The molecule has 3 aromatic rings. The number of para-hydroxylation sites is 1. The number of carbonyl (C=O) groups is 2. The smallest absolute Gasteiger partial charge is 0.256 e. The van der Waals surface area contributed by atoms with Crippen LogP contribution in [0.5, 0.6) is 0 Å². The van der Waals surface area contributed by atoms with Crippen LogP contribution < -0.4 is 10.2 Å². The lowest BCUT2D eigenvalue weighted by molar-refractivity contribution is 0.0776. The number of anilines is 1. The van der Waals surface area contributed by atoms with Gasteiger partial charge in [0.1, 0.15) is 5.76 Å². The van der Waals surface area contributed by atoms with Crippen molar-refractivity contribution in [2.24, 2.45) is 0 Å². The maximum absolute atomic E-state index is 13.1. The molecule has 0 radical (unpaired) electrons. The predicted octanol–water partition coefficient (Wildman–Crippen LogP) is 4.26. The van der Waals surface area contributed by atoms with Gasteiger partial charge in [-0.2, -0.15) is 0 Å². The first kappa shape index (κ1) is 21.7. The Morgan fingerprint density at radius 2 is 1.84 bits per heavy atom. The van der Waals surface area contributed by atoms with E-state index in [2.05, 4.69) is 10.2 Å². The summed E-state index contributed by atoms with van der Waals surface area (Å²) >= 11 is 0. The van der Waals surface area contributed by atoms with E-state index in [9.17, 15) is 9.59 Å². The van der Waals surface area contributed by atoms with Gasteiger partial charge in [0.25, 0.3) is 11.8 Å². The lowest BCUT2D eigenvalue weighted by atomic mass is 10.0. The molecule has 1 N–H and O–H groups in total. The lowest BCUT2D eigenvalue weighted by Gasteiger charge is -2.35. The molecule has 6 heteroatoms. The largest absolute Gasteiger partial charge is 0.467 e. The monoisotopic (exact) mass is 431 g/mol. The molecule has 0 saturated carbocycles. The molecule has 0 spiro atoms. The van der Waals surface area contributed by atoms with E-state index < -0.39 is 0 Å². The highest BCUT2D eigenvalue weighted by Crippen LogP contribution is 2.26. The molecule has 32 heavy (non-hydrogen) atoms. The number of hydrogen-bond acceptors (Lipinski definition) is 4. The van der Waals surface area contributed by atoms with Gasteiger partial charge in [0.15, 0.2) is 0 Å². The fraction of sp³-hybridized carbons (Fsp3) is 0.308. The second-order valence-electron chi connectivity index (χ2n) is 8.36. The van der Waals surface area contributed by atoms with E-state index in [-0.39, 0.29) is 17.9 Å². The van der Waals surface area contributed by atoms with E-state index in [0.717, 1.165) is 42.9 Å². The number of benzene rings is 2. The predicted molar refractivity (Wildman–Crippen MR) is 125 cm³/mol. The number of aryl methyl sites for hydroxylation is 1. The van der Waals surface area contributed by atoms with Gasteiger partial charge < -0.3 is 19.5 Å². The van der Waals surface area contributed by atoms with Crippen molar-refractivity contribution in [3.63, 3.8) is 0 Å². The molecule has 4 rings (SSSR count). The van der Waals surface area contributed by atoms with E-state index in [4.69, 9.17) is 4.42 Å². The molecule has 1 aromatic heterocycles. The highest BCUT2D eigenvalue weighted by Gasteiger charge is 2.25. The molecule has 166 valence electrons. The number of carbonyl (C=O) groups excluding carboxylic acids is 2. The van der Waals surface area contributed by atoms with Crippen LogP contribution in [0.3, 0.4) is 0 Å². The van der Waals surface area contributed by atoms with E-state index in [1.807, 2.05) is 67.6 Å². The van der Waals surface area contributed by atoms with Crippen LogP contribution in [0, 0.1) is 6.92 Å². The maximum atomic E-state index is 13.1. The number of nitrogens with one attached hydrogen (secondary N) is 1. The molecule has 6 nitrogen and oxygen atoms in total. The zero-order chi connectivity index (χ0) is 22.5. The Morgan fingerprint density at radius 1 is 1.06 bits per heavy atom. The molecule has 0 atom stereocenters. The van der Waals surface area contributed by atoms with Gasteiger partial charge in [0.2, 0.25) is 0 Å². The van der Waals surface area contributed by atoms with E-state index >= 15 is 0 Å². The van der Waals surface area contributed by atoms with Gasteiger partial charge in [0, 0.05) is 37.4 Å². The Morgan fingerprint density at radius 3 is 2.56 bits per heavy atom. The Bertz CT molecular complexity index is 1070. The molecule has 2 heterocycles. The van der Waals surface area contributed by atoms with Gasteiger partial charge in [-0.25, -0.2) is 0 Å². The quantitative estimate of drug-likeness (QED) is 0.633. The van der Waals surface area contributed by atoms with E-state index in [0.29, 0.717) is 17.7 Å². The van der Waals surface area contributed by atoms with Gasteiger partial charge in [-0.15, -0.1) is 0 Å². The maximum Gasteiger partial charge on any atom is 0.256 e. The molecule has 2 amide bonds. The van der Waals surface area contributed by atoms with Crippen LogP contribution in [0.2, 0.25) is 0 Å². The molecular formula is C26H29N3O3. The summed E-state index contributed by atoms with van der Waals surface area (Å²) in [5.41, 5.74) is 3.39. The first-order valence-corrected chi connectivity index (χ1v) is 11.0.